The van der Waals surface area contributed by atoms with E-state index in [1.54, 1.807) is 0 Å². The summed E-state index contributed by atoms with van der Waals surface area (Å²) in [6.45, 7) is 2.95. The molecule has 0 aliphatic rings. The Morgan fingerprint density at radius 1 is 1.50 bits per heavy atom. The Kier molecular flexibility index (Phi) is 9.34. The molecule has 0 aromatic heterocycles. The maximum absolute atomic E-state index is 9.25. The molecule has 0 atom stereocenters. The minimum atomic E-state index is -2.06. The van der Waals surface area contributed by atoms with E-state index >= 15 is 0 Å². The first-order chi connectivity index (χ1) is 2.27. The zero-order valence-corrected chi connectivity index (χ0v) is 6.33. The fourth-order valence-electron chi connectivity index (χ4n) is 0. The van der Waals surface area contributed by atoms with Crippen LogP contribution in [0.4, 0.5) is 0 Å². The van der Waals surface area contributed by atoms with Gasteiger partial charge in [-0.1, -0.05) is 10.7 Å². The van der Waals surface area contributed by atoms with E-state index in [4.69, 9.17) is 0 Å². The van der Waals surface area contributed by atoms with Gasteiger partial charge in [0.2, 0.25) is 0 Å². The fraction of sp³-hybridized carbons (Fsp3) is 0. The summed E-state index contributed by atoms with van der Waals surface area (Å²) < 4.78 is 18.5. The average molecular weight is 114 g/mol. The SMILES string of the molecule is C=C[S-](=O)=O.[Na+]. The molecule has 0 amide bonds. The Bertz CT molecular complexity index is 87.7. The number of hydrogen-bond donors (Lipinski definition) is 0. The minimum Gasteiger partial charge on any atom is -0.420 e. The first kappa shape index (κ1) is 9.85. The van der Waals surface area contributed by atoms with Crippen molar-refractivity contribution in [2.45, 2.75) is 0 Å². The molecule has 0 heterocycles. The monoisotopic (exact) mass is 114 g/mol. The van der Waals surface area contributed by atoms with Crippen LogP contribution in [0.15, 0.2) is 12.0 Å². The first-order valence-corrected chi connectivity index (χ1v) is 2.12. The van der Waals surface area contributed by atoms with Gasteiger partial charge < -0.3 is 8.42 Å². The topological polar surface area (TPSA) is 34.1 Å². The van der Waals surface area contributed by atoms with Crippen molar-refractivity contribution in [2.75, 3.05) is 0 Å². The second-order valence-electron chi connectivity index (χ2n) is 0.427. The Morgan fingerprint density at radius 2 is 1.67 bits per heavy atom. The van der Waals surface area contributed by atoms with E-state index in [0.29, 0.717) is 0 Å². The smallest absolute Gasteiger partial charge is 0.420 e. The Morgan fingerprint density at radius 3 is 1.67 bits per heavy atom. The third kappa shape index (κ3) is 8.83. The van der Waals surface area contributed by atoms with E-state index in [9.17, 15) is 8.42 Å². The molecule has 4 heteroatoms. The third-order valence-electron chi connectivity index (χ3n) is 0.136. The number of rotatable bonds is 1. The summed E-state index contributed by atoms with van der Waals surface area (Å²) in [6.07, 6.45) is 0. The molecule has 30 valence electrons. The van der Waals surface area contributed by atoms with Crippen molar-refractivity contribution >= 4 is 10.7 Å². The van der Waals surface area contributed by atoms with Crippen LogP contribution in [-0.4, -0.2) is 0 Å². The van der Waals surface area contributed by atoms with Gasteiger partial charge in [0.15, 0.2) is 0 Å². The molecule has 0 bridgehead atoms. The maximum atomic E-state index is 9.25. The molecule has 0 saturated heterocycles. The van der Waals surface area contributed by atoms with E-state index in [0.717, 1.165) is 5.41 Å². The Balaban J connectivity index is 0. The summed E-state index contributed by atoms with van der Waals surface area (Å²) >= 11 is 0. The van der Waals surface area contributed by atoms with Crippen molar-refractivity contribution in [1.82, 2.24) is 0 Å². The predicted octanol–water partition coefficient (Wildman–Crippen LogP) is -2.56. The van der Waals surface area contributed by atoms with Crippen molar-refractivity contribution < 1.29 is 38.0 Å². The molecule has 0 rings (SSSR count). The standard InChI is InChI=1S/C2H3O2S.Na/c1-2-5(3)4;/h2H,1H2;/q-1;+1. The van der Waals surface area contributed by atoms with E-state index in [1.807, 2.05) is 0 Å². The fourth-order valence-corrected chi connectivity index (χ4v) is 0. The van der Waals surface area contributed by atoms with Crippen LogP contribution in [0.3, 0.4) is 0 Å². The van der Waals surface area contributed by atoms with Crippen molar-refractivity contribution in [2.24, 2.45) is 0 Å². The molecule has 2 nitrogen and oxygen atoms in total. The molecule has 0 aliphatic heterocycles. The first-order valence-electron chi connectivity index (χ1n) is 0.977. The van der Waals surface area contributed by atoms with Crippen LogP contribution in [-0.2, 0) is 19.1 Å². The van der Waals surface area contributed by atoms with Gasteiger partial charge in [-0.3, -0.25) is 0 Å². The van der Waals surface area contributed by atoms with Gasteiger partial charge in [0.05, 0.1) is 0 Å². The molecule has 0 fully saturated rings. The van der Waals surface area contributed by atoms with E-state index in [1.165, 1.54) is 0 Å². The van der Waals surface area contributed by atoms with Crippen LogP contribution in [0.2, 0.25) is 0 Å². The summed E-state index contributed by atoms with van der Waals surface area (Å²) in [5.74, 6) is 0. The summed E-state index contributed by atoms with van der Waals surface area (Å²) in [5, 5.41) is 0.833. The molecule has 6 heavy (non-hydrogen) atoms. The van der Waals surface area contributed by atoms with E-state index in [2.05, 4.69) is 6.58 Å². The van der Waals surface area contributed by atoms with E-state index < -0.39 is 10.7 Å². The summed E-state index contributed by atoms with van der Waals surface area (Å²) in [7, 11) is -2.06. The molecule has 0 radical (unpaired) electrons. The van der Waals surface area contributed by atoms with Crippen molar-refractivity contribution in [3.63, 3.8) is 0 Å². The van der Waals surface area contributed by atoms with Crippen molar-refractivity contribution in [3.8, 4) is 0 Å². The van der Waals surface area contributed by atoms with Crippen LogP contribution >= 0.6 is 0 Å². The Hall–Kier alpha value is 0.690. The van der Waals surface area contributed by atoms with Gasteiger partial charge in [-0.2, -0.15) is 0 Å². The molecule has 0 aromatic carbocycles. The van der Waals surface area contributed by atoms with E-state index in [-0.39, 0.29) is 29.6 Å². The van der Waals surface area contributed by atoms with Crippen LogP contribution in [0.5, 0.6) is 0 Å². The normalized spacial score (nSPS) is 6.83. The van der Waals surface area contributed by atoms with Gasteiger partial charge in [-0.05, 0) is 0 Å². The molecule has 0 spiro atoms. The van der Waals surface area contributed by atoms with Gasteiger partial charge in [-0.15, -0.1) is 12.0 Å². The molecular weight excluding hydrogens is 111 g/mol. The van der Waals surface area contributed by atoms with Crippen LogP contribution < -0.4 is 29.6 Å². The zero-order valence-electron chi connectivity index (χ0n) is 3.51. The van der Waals surface area contributed by atoms with Crippen LogP contribution in [0, 0.1) is 0 Å². The summed E-state index contributed by atoms with van der Waals surface area (Å²) in [4.78, 5) is 0. The second-order valence-corrected chi connectivity index (χ2v) is 1.28. The predicted molar refractivity (Wildman–Crippen MR) is 18.9 cm³/mol. The molecular formula is C2H3NaO2S. The van der Waals surface area contributed by atoms with Crippen molar-refractivity contribution in [3.05, 3.63) is 12.0 Å². The van der Waals surface area contributed by atoms with Gasteiger partial charge in [0, 0.05) is 0 Å². The van der Waals surface area contributed by atoms with Gasteiger partial charge in [-0.25, -0.2) is 0 Å². The maximum Gasteiger partial charge on any atom is 1.00 e. The zero-order chi connectivity index (χ0) is 4.28. The average Bonchev–Trinajstić information content (AvgIpc) is 1.38. The molecule has 0 unspecified atom stereocenters. The van der Waals surface area contributed by atoms with Gasteiger partial charge in [0.1, 0.15) is 0 Å². The minimum absolute atomic E-state index is 0. The molecule has 0 saturated carbocycles. The summed E-state index contributed by atoms with van der Waals surface area (Å²) in [6, 6.07) is 0. The number of hydrogen-bond acceptors (Lipinski definition) is 3. The molecule has 0 aliphatic carbocycles. The second kappa shape index (κ2) is 5.69. The van der Waals surface area contributed by atoms with Gasteiger partial charge in [0.25, 0.3) is 0 Å². The Labute approximate surface area is 60.5 Å². The molecule has 0 N–H and O–H groups in total. The van der Waals surface area contributed by atoms with Crippen LogP contribution in [0.25, 0.3) is 0 Å². The summed E-state index contributed by atoms with van der Waals surface area (Å²) in [5.41, 5.74) is 0. The third-order valence-corrected chi connectivity index (χ3v) is 0.408. The van der Waals surface area contributed by atoms with Crippen LogP contribution in [0.1, 0.15) is 0 Å². The molecule has 0 aromatic rings. The quantitative estimate of drug-likeness (QED) is 0.277. The van der Waals surface area contributed by atoms with Crippen molar-refractivity contribution in [1.29, 1.82) is 0 Å². The largest absolute Gasteiger partial charge is 1.00 e. The van der Waals surface area contributed by atoms with Gasteiger partial charge >= 0.3 is 29.6 Å².